The van der Waals surface area contributed by atoms with Crippen LogP contribution >= 0.6 is 0 Å². The largest absolute Gasteiger partial charge is 0.489 e. The van der Waals surface area contributed by atoms with Crippen LogP contribution in [0.3, 0.4) is 0 Å². The Balaban J connectivity index is 2.29. The van der Waals surface area contributed by atoms with Gasteiger partial charge in [0, 0.05) is 6.07 Å². The van der Waals surface area contributed by atoms with E-state index >= 15 is 0 Å². The van der Waals surface area contributed by atoms with Gasteiger partial charge in [-0.1, -0.05) is 19.9 Å². The van der Waals surface area contributed by atoms with Gasteiger partial charge in [-0.2, -0.15) is 0 Å². The topological polar surface area (TPSA) is 89.7 Å². The van der Waals surface area contributed by atoms with Gasteiger partial charge in [-0.25, -0.2) is 4.79 Å². The molecule has 0 aromatic heterocycles. The maximum atomic E-state index is 11.3. The molecule has 2 rings (SSSR count). The van der Waals surface area contributed by atoms with Gasteiger partial charge in [-0.3, -0.25) is 10.1 Å². The van der Waals surface area contributed by atoms with Gasteiger partial charge in [0.1, 0.15) is 5.75 Å². The number of aromatic carboxylic acids is 1. The number of carboxylic acid groups (broad SMARTS) is 1. The van der Waals surface area contributed by atoms with E-state index in [4.69, 9.17) is 4.74 Å². The molecule has 0 amide bonds. The molecule has 2 atom stereocenters. The highest BCUT2D eigenvalue weighted by Gasteiger charge is 2.29. The fourth-order valence-electron chi connectivity index (χ4n) is 3.13. The van der Waals surface area contributed by atoms with Gasteiger partial charge in [0.2, 0.25) is 0 Å². The van der Waals surface area contributed by atoms with Crippen molar-refractivity contribution in [2.45, 2.75) is 39.2 Å². The van der Waals surface area contributed by atoms with Crippen LogP contribution in [-0.2, 0) is 0 Å². The fraction of sp³-hybridized carbons (Fsp3) is 0.533. The number of rotatable bonds is 4. The first kappa shape index (κ1) is 15.3. The molecule has 1 aliphatic rings. The van der Waals surface area contributed by atoms with E-state index in [0.717, 1.165) is 19.3 Å². The third-order valence-electron chi connectivity index (χ3n) is 3.84. The smallest absolute Gasteiger partial charge is 0.346 e. The number of benzene rings is 1. The van der Waals surface area contributed by atoms with Crippen LogP contribution in [0.15, 0.2) is 18.2 Å². The third kappa shape index (κ3) is 3.51. The van der Waals surface area contributed by atoms with E-state index in [1.54, 1.807) is 0 Å². The summed E-state index contributed by atoms with van der Waals surface area (Å²) in [6.45, 7) is 4.27. The first-order valence-electron chi connectivity index (χ1n) is 7.05. The SMILES string of the molecule is CC1CC(C)CC(Oc2cccc([N+](=O)[O-])c2C(=O)O)C1. The van der Waals surface area contributed by atoms with Crippen molar-refractivity contribution in [2.24, 2.45) is 11.8 Å². The quantitative estimate of drug-likeness (QED) is 0.677. The van der Waals surface area contributed by atoms with Crippen LogP contribution in [0.5, 0.6) is 5.75 Å². The highest BCUT2D eigenvalue weighted by Crippen LogP contribution is 2.34. The predicted molar refractivity (Wildman–Crippen MR) is 76.7 cm³/mol. The Labute approximate surface area is 122 Å². The minimum absolute atomic E-state index is 0.0861. The second-order valence-electron chi connectivity index (χ2n) is 5.87. The predicted octanol–water partition coefficient (Wildman–Crippen LogP) is 3.50. The minimum Gasteiger partial charge on any atom is -0.489 e. The van der Waals surface area contributed by atoms with E-state index < -0.39 is 16.6 Å². The van der Waals surface area contributed by atoms with Crippen LogP contribution in [0, 0.1) is 22.0 Å². The third-order valence-corrected chi connectivity index (χ3v) is 3.84. The summed E-state index contributed by atoms with van der Waals surface area (Å²) in [6.07, 6.45) is 2.71. The minimum atomic E-state index is -1.34. The summed E-state index contributed by atoms with van der Waals surface area (Å²) in [7, 11) is 0. The number of carboxylic acids is 1. The van der Waals surface area contributed by atoms with E-state index in [-0.39, 0.29) is 17.4 Å². The first-order chi connectivity index (χ1) is 9.88. The number of carbonyl (C=O) groups is 1. The van der Waals surface area contributed by atoms with Crippen molar-refractivity contribution < 1.29 is 19.6 Å². The van der Waals surface area contributed by atoms with Crippen molar-refractivity contribution in [2.75, 3.05) is 0 Å². The fourth-order valence-corrected chi connectivity index (χ4v) is 3.13. The van der Waals surface area contributed by atoms with Gasteiger partial charge < -0.3 is 9.84 Å². The Bertz CT molecular complexity index is 547. The van der Waals surface area contributed by atoms with Crippen LogP contribution in [0.1, 0.15) is 43.5 Å². The van der Waals surface area contributed by atoms with Crippen molar-refractivity contribution in [1.29, 1.82) is 0 Å². The van der Waals surface area contributed by atoms with Gasteiger partial charge in [0.25, 0.3) is 5.69 Å². The Hall–Kier alpha value is -2.11. The van der Waals surface area contributed by atoms with E-state index in [2.05, 4.69) is 13.8 Å². The van der Waals surface area contributed by atoms with Crippen LogP contribution in [0.25, 0.3) is 0 Å². The molecule has 2 unspecified atom stereocenters. The summed E-state index contributed by atoms with van der Waals surface area (Å²) < 4.78 is 5.79. The lowest BCUT2D eigenvalue weighted by Gasteiger charge is -2.31. The molecule has 0 aliphatic heterocycles. The molecule has 0 radical (unpaired) electrons. The molecule has 6 nitrogen and oxygen atoms in total. The van der Waals surface area contributed by atoms with Gasteiger partial charge in [0.05, 0.1) is 11.0 Å². The lowest BCUT2D eigenvalue weighted by molar-refractivity contribution is -0.385. The van der Waals surface area contributed by atoms with Crippen LogP contribution in [0.2, 0.25) is 0 Å². The standard InChI is InChI=1S/C15H19NO5/c1-9-6-10(2)8-11(7-9)21-13-5-3-4-12(16(19)20)14(13)15(17)18/h3-5,9-11H,6-8H2,1-2H3,(H,17,18). The van der Waals surface area contributed by atoms with Crippen molar-refractivity contribution in [3.8, 4) is 5.75 Å². The highest BCUT2D eigenvalue weighted by atomic mass is 16.6. The van der Waals surface area contributed by atoms with Crippen molar-refractivity contribution in [3.63, 3.8) is 0 Å². The molecule has 1 aromatic rings. The Kier molecular flexibility index (Phi) is 4.45. The Morgan fingerprint density at radius 1 is 1.29 bits per heavy atom. The molecule has 0 spiro atoms. The molecule has 1 aliphatic carbocycles. The van der Waals surface area contributed by atoms with E-state index in [9.17, 15) is 20.0 Å². The lowest BCUT2D eigenvalue weighted by Crippen LogP contribution is -2.29. The number of hydrogen-bond donors (Lipinski definition) is 1. The zero-order chi connectivity index (χ0) is 15.6. The molecule has 1 fully saturated rings. The summed E-state index contributed by atoms with van der Waals surface area (Å²) in [5.41, 5.74) is -0.801. The Morgan fingerprint density at radius 2 is 1.90 bits per heavy atom. The molecule has 114 valence electrons. The van der Waals surface area contributed by atoms with Crippen LogP contribution in [-0.4, -0.2) is 22.1 Å². The van der Waals surface area contributed by atoms with Crippen LogP contribution in [0.4, 0.5) is 5.69 Å². The maximum absolute atomic E-state index is 11.3. The molecular formula is C15H19NO5. The van der Waals surface area contributed by atoms with Crippen LogP contribution < -0.4 is 4.74 Å². The first-order valence-corrected chi connectivity index (χ1v) is 7.05. The second-order valence-corrected chi connectivity index (χ2v) is 5.87. The van der Waals surface area contributed by atoms with Gasteiger partial charge in [0.15, 0.2) is 5.56 Å². The number of nitrogens with zero attached hydrogens (tertiary/aromatic N) is 1. The monoisotopic (exact) mass is 293 g/mol. The van der Waals surface area contributed by atoms with E-state index in [1.807, 2.05) is 0 Å². The van der Waals surface area contributed by atoms with E-state index in [0.29, 0.717) is 11.8 Å². The summed E-state index contributed by atoms with van der Waals surface area (Å²) in [5.74, 6) is -0.242. The van der Waals surface area contributed by atoms with Crippen molar-refractivity contribution >= 4 is 11.7 Å². The lowest BCUT2D eigenvalue weighted by atomic mass is 9.82. The van der Waals surface area contributed by atoms with Crippen molar-refractivity contribution in [3.05, 3.63) is 33.9 Å². The summed E-state index contributed by atoms with van der Waals surface area (Å²) in [4.78, 5) is 21.6. The van der Waals surface area contributed by atoms with Crippen molar-refractivity contribution in [1.82, 2.24) is 0 Å². The molecule has 6 heteroatoms. The average molecular weight is 293 g/mol. The molecule has 0 bridgehead atoms. The van der Waals surface area contributed by atoms with E-state index in [1.165, 1.54) is 18.2 Å². The normalized spacial score (nSPS) is 25.3. The zero-order valence-electron chi connectivity index (χ0n) is 12.1. The summed E-state index contributed by atoms with van der Waals surface area (Å²) in [5, 5.41) is 20.2. The average Bonchev–Trinajstić information content (AvgIpc) is 2.36. The highest BCUT2D eigenvalue weighted by molar-refractivity contribution is 5.95. The molecule has 21 heavy (non-hydrogen) atoms. The number of nitro benzene ring substituents is 1. The molecule has 1 saturated carbocycles. The number of nitro groups is 1. The molecule has 1 N–H and O–H groups in total. The number of hydrogen-bond acceptors (Lipinski definition) is 4. The second kappa shape index (κ2) is 6.11. The van der Waals surface area contributed by atoms with Gasteiger partial charge in [-0.15, -0.1) is 0 Å². The molecule has 0 saturated heterocycles. The molecular weight excluding hydrogens is 274 g/mol. The Morgan fingerprint density at radius 3 is 2.43 bits per heavy atom. The molecule has 0 heterocycles. The summed E-state index contributed by atoms with van der Waals surface area (Å²) >= 11 is 0. The summed E-state index contributed by atoms with van der Waals surface area (Å²) in [6, 6.07) is 4.12. The zero-order valence-corrected chi connectivity index (χ0v) is 12.1. The van der Waals surface area contributed by atoms with Gasteiger partial charge >= 0.3 is 5.97 Å². The van der Waals surface area contributed by atoms with Gasteiger partial charge in [-0.05, 0) is 37.2 Å². The molecule has 1 aromatic carbocycles. The maximum Gasteiger partial charge on any atom is 0.346 e. The number of ether oxygens (including phenoxy) is 1.